The van der Waals surface area contributed by atoms with E-state index in [0.29, 0.717) is 0 Å². The Morgan fingerprint density at radius 3 is 1.24 bits per heavy atom. The zero-order valence-electron chi connectivity index (χ0n) is 9.58. The Kier molecular flexibility index (Phi) is 5.47. The van der Waals surface area contributed by atoms with Crippen molar-refractivity contribution in [1.29, 1.82) is 0 Å². The zero-order valence-corrected chi connectivity index (χ0v) is 12.7. The second-order valence-electron chi connectivity index (χ2n) is 3.21. The van der Waals surface area contributed by atoms with Gasteiger partial charge in [0.05, 0.1) is 5.08 Å². The van der Waals surface area contributed by atoms with Crippen molar-refractivity contribution in [2.45, 2.75) is 10.3 Å². The number of rotatable bonds is 4. The smallest absolute Gasteiger partial charge is 0.192 e. The van der Waals surface area contributed by atoms with Crippen molar-refractivity contribution < 1.29 is 17.6 Å². The van der Waals surface area contributed by atoms with Gasteiger partial charge in [-0.25, -0.2) is 0 Å². The lowest BCUT2D eigenvalue weighted by atomic mass is 10.6. The Bertz CT molecular complexity index is 587. The third kappa shape index (κ3) is 4.09. The first kappa shape index (κ1) is 16.5. The Morgan fingerprint density at radius 1 is 0.667 bits per heavy atom. The van der Waals surface area contributed by atoms with E-state index in [1.807, 2.05) is 0 Å². The standard InChI is InChI=1S/C9H2Cl2F4N4S2/c10-2-4(12)16-8(17-5(2)13)20-1-21-9-18-6(14)3(11)7(15)19-9/h1H2. The molecule has 0 saturated heterocycles. The molecule has 0 amide bonds. The van der Waals surface area contributed by atoms with Crippen LogP contribution in [0.15, 0.2) is 10.3 Å². The molecular formula is C9H2Cl2F4N4S2. The van der Waals surface area contributed by atoms with E-state index >= 15 is 0 Å². The van der Waals surface area contributed by atoms with Crippen LogP contribution in [0.5, 0.6) is 0 Å². The Labute approximate surface area is 133 Å². The molecule has 0 unspecified atom stereocenters. The molecule has 21 heavy (non-hydrogen) atoms. The monoisotopic (exact) mass is 376 g/mol. The summed E-state index contributed by atoms with van der Waals surface area (Å²) in [5, 5.41) is -2.01. The van der Waals surface area contributed by atoms with E-state index in [2.05, 4.69) is 19.9 Å². The van der Waals surface area contributed by atoms with Crippen LogP contribution in [0.4, 0.5) is 17.6 Å². The highest BCUT2D eigenvalue weighted by atomic mass is 35.5. The Hall–Kier alpha value is -0.840. The summed E-state index contributed by atoms with van der Waals surface area (Å²) in [6.45, 7) is 0. The maximum Gasteiger partial charge on any atom is 0.238 e. The van der Waals surface area contributed by atoms with Gasteiger partial charge in [0.25, 0.3) is 0 Å². The largest absolute Gasteiger partial charge is 0.238 e. The molecule has 0 N–H and O–H groups in total. The molecule has 0 aliphatic rings. The molecule has 0 spiro atoms. The highest BCUT2D eigenvalue weighted by Gasteiger charge is 2.15. The van der Waals surface area contributed by atoms with Gasteiger partial charge in [0.1, 0.15) is 0 Å². The van der Waals surface area contributed by atoms with Crippen LogP contribution in [-0.4, -0.2) is 25.0 Å². The summed E-state index contributed by atoms with van der Waals surface area (Å²) in [7, 11) is 0. The molecule has 2 aromatic rings. The molecule has 0 aliphatic carbocycles. The molecule has 0 atom stereocenters. The fraction of sp³-hybridized carbons (Fsp3) is 0.111. The average Bonchev–Trinajstić information content (AvgIpc) is 2.42. The zero-order chi connectivity index (χ0) is 15.6. The minimum Gasteiger partial charge on any atom is -0.192 e. The van der Waals surface area contributed by atoms with Gasteiger partial charge in [-0.05, 0) is 0 Å². The number of hydrogen-bond donors (Lipinski definition) is 0. The minimum absolute atomic E-state index is 0.0566. The second kappa shape index (κ2) is 6.95. The molecule has 0 fully saturated rings. The summed E-state index contributed by atoms with van der Waals surface area (Å²) in [6.07, 6.45) is 0. The van der Waals surface area contributed by atoms with E-state index in [-0.39, 0.29) is 15.4 Å². The van der Waals surface area contributed by atoms with Crippen molar-refractivity contribution >= 4 is 46.7 Å². The Balaban J connectivity index is 2.02. The van der Waals surface area contributed by atoms with E-state index in [9.17, 15) is 17.6 Å². The number of halogens is 6. The molecule has 112 valence electrons. The third-order valence-electron chi connectivity index (χ3n) is 1.88. The minimum atomic E-state index is -1.20. The molecule has 0 radical (unpaired) electrons. The molecule has 0 aromatic carbocycles. The molecule has 12 heteroatoms. The van der Waals surface area contributed by atoms with Gasteiger partial charge in [-0.1, -0.05) is 46.7 Å². The fourth-order valence-electron chi connectivity index (χ4n) is 1.02. The number of thioether (sulfide) groups is 2. The van der Waals surface area contributed by atoms with Crippen LogP contribution in [0.25, 0.3) is 0 Å². The van der Waals surface area contributed by atoms with E-state index in [0.717, 1.165) is 23.5 Å². The lowest BCUT2D eigenvalue weighted by molar-refractivity contribution is 0.503. The highest BCUT2D eigenvalue weighted by molar-refractivity contribution is 8.15. The van der Waals surface area contributed by atoms with E-state index < -0.39 is 33.8 Å². The van der Waals surface area contributed by atoms with Gasteiger partial charge in [-0.15, -0.1) is 0 Å². The quantitative estimate of drug-likeness (QED) is 0.264. The van der Waals surface area contributed by atoms with Crippen molar-refractivity contribution in [3.8, 4) is 0 Å². The molecule has 2 aromatic heterocycles. The summed E-state index contributed by atoms with van der Waals surface area (Å²) < 4.78 is 52.2. The molecule has 0 saturated carbocycles. The second-order valence-corrected chi connectivity index (χ2v) is 6.22. The van der Waals surface area contributed by atoms with Crippen LogP contribution >= 0.6 is 46.7 Å². The number of hydrogen-bond acceptors (Lipinski definition) is 6. The van der Waals surface area contributed by atoms with Crippen molar-refractivity contribution in [2.24, 2.45) is 0 Å². The van der Waals surface area contributed by atoms with E-state index in [4.69, 9.17) is 23.2 Å². The molecule has 0 bridgehead atoms. The molecular weight excluding hydrogens is 375 g/mol. The fourth-order valence-corrected chi connectivity index (χ4v) is 2.84. The third-order valence-corrected chi connectivity index (χ3v) is 4.32. The maximum atomic E-state index is 13.1. The normalized spacial score (nSPS) is 11.0. The van der Waals surface area contributed by atoms with Crippen LogP contribution in [-0.2, 0) is 0 Å². The average molecular weight is 377 g/mol. The first-order valence-corrected chi connectivity index (χ1v) is 7.64. The van der Waals surface area contributed by atoms with Gasteiger partial charge in [-0.3, -0.25) is 0 Å². The van der Waals surface area contributed by atoms with Gasteiger partial charge in [-0.2, -0.15) is 37.5 Å². The Morgan fingerprint density at radius 2 is 0.952 bits per heavy atom. The first-order chi connectivity index (χ1) is 9.88. The van der Waals surface area contributed by atoms with Crippen LogP contribution in [0, 0.1) is 23.8 Å². The van der Waals surface area contributed by atoms with Gasteiger partial charge >= 0.3 is 0 Å². The van der Waals surface area contributed by atoms with Crippen LogP contribution in [0.2, 0.25) is 10.0 Å². The van der Waals surface area contributed by atoms with Crippen LogP contribution in [0.1, 0.15) is 0 Å². The van der Waals surface area contributed by atoms with Crippen molar-refractivity contribution in [3.63, 3.8) is 0 Å². The van der Waals surface area contributed by atoms with Gasteiger partial charge in [0, 0.05) is 0 Å². The molecule has 4 nitrogen and oxygen atoms in total. The van der Waals surface area contributed by atoms with E-state index in [1.54, 1.807) is 0 Å². The van der Waals surface area contributed by atoms with Crippen molar-refractivity contribution in [3.05, 3.63) is 33.8 Å². The predicted octanol–water partition coefficient (Wildman–Crippen LogP) is 3.97. The van der Waals surface area contributed by atoms with E-state index in [1.165, 1.54) is 0 Å². The summed E-state index contributed by atoms with van der Waals surface area (Å²) in [5.41, 5.74) is 0. The van der Waals surface area contributed by atoms with Gasteiger partial charge in [0.2, 0.25) is 23.8 Å². The van der Waals surface area contributed by atoms with Crippen LogP contribution in [0.3, 0.4) is 0 Å². The van der Waals surface area contributed by atoms with Gasteiger partial charge in [0.15, 0.2) is 20.4 Å². The maximum absolute atomic E-state index is 13.1. The lowest BCUT2D eigenvalue weighted by Crippen LogP contribution is -1.98. The SMILES string of the molecule is Fc1nc(SCSc2nc(F)c(Cl)c(F)n2)nc(F)c1Cl. The van der Waals surface area contributed by atoms with Crippen molar-refractivity contribution in [1.82, 2.24) is 19.9 Å². The molecule has 0 aliphatic heterocycles. The molecule has 2 rings (SSSR count). The van der Waals surface area contributed by atoms with Gasteiger partial charge < -0.3 is 0 Å². The summed E-state index contributed by atoms with van der Waals surface area (Å²) >= 11 is 12.1. The van der Waals surface area contributed by atoms with Crippen LogP contribution < -0.4 is 0 Å². The number of nitrogens with zero attached hydrogens (tertiary/aromatic N) is 4. The molecule has 2 heterocycles. The first-order valence-electron chi connectivity index (χ1n) is 4.91. The topological polar surface area (TPSA) is 51.6 Å². The summed E-state index contributed by atoms with van der Waals surface area (Å²) in [4.78, 5) is 13.2. The summed E-state index contributed by atoms with van der Waals surface area (Å²) in [5.74, 6) is -4.79. The highest BCUT2D eigenvalue weighted by Crippen LogP contribution is 2.27. The predicted molar refractivity (Wildman–Crippen MR) is 70.5 cm³/mol. The summed E-state index contributed by atoms with van der Waals surface area (Å²) in [6, 6.07) is 0. The lowest BCUT2D eigenvalue weighted by Gasteiger charge is -2.02. The van der Waals surface area contributed by atoms with Crippen molar-refractivity contribution in [2.75, 3.05) is 5.08 Å². The number of aromatic nitrogens is 4.